The number of hydrogen-bond acceptors (Lipinski definition) is 4. The van der Waals surface area contributed by atoms with Crippen LogP contribution in [0.4, 0.5) is 5.69 Å². The summed E-state index contributed by atoms with van der Waals surface area (Å²) in [4.78, 5) is 15.1. The molecule has 1 heterocycles. The molecule has 1 N–H and O–H groups in total. The molecular formula is C20H22N2O3S. The molecule has 6 heteroatoms. The molecule has 0 aliphatic rings. The molecule has 0 spiro atoms. The minimum atomic E-state index is -1.63. The standard InChI is InChI=1S/C20H22N2O3S/c1-4-7-14-8-5-6-9-19(14)26(24)21-20(23)18-12-15-10-11-16(22(2)3)13-17(15)25-18/h5-6,8-13H,4,7H2,1-3H3,(H,21,23). The Bertz CT molecular complexity index is 963. The Morgan fingerprint density at radius 1 is 1.15 bits per heavy atom. The van der Waals surface area contributed by atoms with Gasteiger partial charge in [-0.05, 0) is 36.2 Å². The van der Waals surface area contributed by atoms with Crippen LogP contribution in [0.5, 0.6) is 0 Å². The number of nitrogens with one attached hydrogen (secondary N) is 1. The minimum absolute atomic E-state index is 0.150. The van der Waals surface area contributed by atoms with Crippen molar-refractivity contribution in [2.75, 3.05) is 19.0 Å². The van der Waals surface area contributed by atoms with Crippen molar-refractivity contribution in [3.63, 3.8) is 0 Å². The first-order chi connectivity index (χ1) is 12.5. The van der Waals surface area contributed by atoms with Crippen LogP contribution in [-0.2, 0) is 17.4 Å². The highest BCUT2D eigenvalue weighted by molar-refractivity contribution is 7.83. The van der Waals surface area contributed by atoms with Gasteiger partial charge in [0.1, 0.15) is 5.58 Å². The maximum absolute atomic E-state index is 12.6. The van der Waals surface area contributed by atoms with Crippen molar-refractivity contribution in [2.24, 2.45) is 0 Å². The smallest absolute Gasteiger partial charge is 0.298 e. The molecule has 0 saturated carbocycles. The van der Waals surface area contributed by atoms with Crippen molar-refractivity contribution in [1.82, 2.24) is 4.72 Å². The average Bonchev–Trinajstić information content (AvgIpc) is 3.05. The van der Waals surface area contributed by atoms with E-state index in [9.17, 15) is 9.00 Å². The van der Waals surface area contributed by atoms with Crippen LogP contribution < -0.4 is 9.62 Å². The van der Waals surface area contributed by atoms with Gasteiger partial charge in [0.15, 0.2) is 16.7 Å². The number of rotatable bonds is 6. The second-order valence-electron chi connectivity index (χ2n) is 6.28. The number of carbonyl (C=O) groups is 1. The van der Waals surface area contributed by atoms with Gasteiger partial charge in [0, 0.05) is 31.2 Å². The predicted molar refractivity (Wildman–Crippen MR) is 105 cm³/mol. The zero-order chi connectivity index (χ0) is 18.7. The fraction of sp³-hybridized carbons (Fsp3) is 0.250. The van der Waals surface area contributed by atoms with Crippen molar-refractivity contribution in [1.29, 1.82) is 0 Å². The molecule has 0 fully saturated rings. The van der Waals surface area contributed by atoms with E-state index in [1.807, 2.05) is 55.4 Å². The van der Waals surface area contributed by atoms with Crippen molar-refractivity contribution in [2.45, 2.75) is 24.7 Å². The Balaban J connectivity index is 1.82. The van der Waals surface area contributed by atoms with Crippen LogP contribution in [0.15, 0.2) is 57.8 Å². The maximum Gasteiger partial charge on any atom is 0.298 e. The molecular weight excluding hydrogens is 348 g/mol. The molecule has 0 saturated heterocycles. The lowest BCUT2D eigenvalue weighted by Gasteiger charge is -2.11. The normalized spacial score (nSPS) is 12.1. The Hall–Kier alpha value is -2.60. The van der Waals surface area contributed by atoms with Gasteiger partial charge in [-0.25, -0.2) is 4.21 Å². The predicted octanol–water partition coefficient (Wildman–Crippen LogP) is 3.90. The van der Waals surface area contributed by atoms with E-state index in [1.54, 1.807) is 12.1 Å². The van der Waals surface area contributed by atoms with Gasteiger partial charge in [0.25, 0.3) is 5.91 Å². The minimum Gasteiger partial charge on any atom is -0.451 e. The lowest BCUT2D eigenvalue weighted by atomic mass is 10.1. The quantitative estimate of drug-likeness (QED) is 0.715. The van der Waals surface area contributed by atoms with E-state index in [-0.39, 0.29) is 5.76 Å². The summed E-state index contributed by atoms with van der Waals surface area (Å²) in [5.41, 5.74) is 2.59. The molecule has 3 aromatic rings. The Labute approximate surface area is 155 Å². The fourth-order valence-electron chi connectivity index (χ4n) is 2.76. The Morgan fingerprint density at radius 3 is 2.65 bits per heavy atom. The number of carbonyl (C=O) groups excluding carboxylic acids is 1. The third-order valence-electron chi connectivity index (χ3n) is 4.12. The molecule has 0 aliphatic carbocycles. The van der Waals surface area contributed by atoms with E-state index >= 15 is 0 Å². The van der Waals surface area contributed by atoms with Gasteiger partial charge in [-0.15, -0.1) is 0 Å². The van der Waals surface area contributed by atoms with Gasteiger partial charge in [-0.3, -0.25) is 9.52 Å². The first-order valence-corrected chi connectivity index (χ1v) is 9.66. The number of benzene rings is 2. The van der Waals surface area contributed by atoms with Crippen LogP contribution in [0.2, 0.25) is 0 Å². The number of fused-ring (bicyclic) bond motifs is 1. The monoisotopic (exact) mass is 370 g/mol. The highest BCUT2D eigenvalue weighted by atomic mass is 32.2. The van der Waals surface area contributed by atoms with Crippen LogP contribution in [0.1, 0.15) is 29.5 Å². The molecule has 1 amide bonds. The third kappa shape index (κ3) is 3.80. The number of aryl methyl sites for hydroxylation is 1. The summed E-state index contributed by atoms with van der Waals surface area (Å²) < 4.78 is 20.8. The molecule has 136 valence electrons. The lowest BCUT2D eigenvalue weighted by Crippen LogP contribution is -2.26. The van der Waals surface area contributed by atoms with Crippen LogP contribution in [0, 0.1) is 0 Å². The molecule has 26 heavy (non-hydrogen) atoms. The first-order valence-electron chi connectivity index (χ1n) is 8.51. The summed E-state index contributed by atoms with van der Waals surface area (Å²) in [5.74, 6) is -0.338. The SMILES string of the molecule is CCCc1ccccc1S(=O)NC(=O)c1cc2ccc(N(C)C)cc2o1. The summed E-state index contributed by atoms with van der Waals surface area (Å²) >= 11 is 0. The largest absolute Gasteiger partial charge is 0.451 e. The van der Waals surface area contributed by atoms with Crippen molar-refractivity contribution >= 4 is 33.5 Å². The fourth-order valence-corrected chi connectivity index (χ4v) is 3.75. The third-order valence-corrected chi connectivity index (χ3v) is 5.29. The van der Waals surface area contributed by atoms with E-state index < -0.39 is 16.9 Å². The van der Waals surface area contributed by atoms with Crippen LogP contribution in [-0.4, -0.2) is 24.2 Å². The number of hydrogen-bond donors (Lipinski definition) is 1. The van der Waals surface area contributed by atoms with Gasteiger partial charge in [0.05, 0.1) is 4.90 Å². The second-order valence-corrected chi connectivity index (χ2v) is 7.47. The Morgan fingerprint density at radius 2 is 1.92 bits per heavy atom. The maximum atomic E-state index is 12.6. The topological polar surface area (TPSA) is 62.6 Å². The number of amides is 1. The number of furan rings is 1. The van der Waals surface area contributed by atoms with Gasteiger partial charge in [-0.1, -0.05) is 31.5 Å². The van der Waals surface area contributed by atoms with E-state index in [1.165, 1.54) is 0 Å². The summed E-state index contributed by atoms with van der Waals surface area (Å²) in [5, 5.41) is 0.831. The zero-order valence-electron chi connectivity index (χ0n) is 15.1. The van der Waals surface area contributed by atoms with E-state index in [0.29, 0.717) is 10.5 Å². The number of nitrogens with zero attached hydrogens (tertiary/aromatic N) is 1. The Kier molecular flexibility index (Phi) is 5.42. The molecule has 0 bridgehead atoms. The molecule has 5 nitrogen and oxygen atoms in total. The molecule has 1 aromatic heterocycles. The molecule has 1 atom stereocenters. The summed E-state index contributed by atoms with van der Waals surface area (Å²) in [6.45, 7) is 2.06. The second kappa shape index (κ2) is 7.74. The molecule has 2 aromatic carbocycles. The van der Waals surface area contributed by atoms with Gasteiger partial charge < -0.3 is 9.32 Å². The van der Waals surface area contributed by atoms with Crippen LogP contribution in [0.25, 0.3) is 11.0 Å². The summed E-state index contributed by atoms with van der Waals surface area (Å²) in [6, 6.07) is 14.9. The highest BCUT2D eigenvalue weighted by Crippen LogP contribution is 2.24. The van der Waals surface area contributed by atoms with Crippen molar-refractivity contribution < 1.29 is 13.4 Å². The van der Waals surface area contributed by atoms with Crippen LogP contribution >= 0.6 is 0 Å². The first kappa shape index (κ1) is 18.2. The highest BCUT2D eigenvalue weighted by Gasteiger charge is 2.17. The summed E-state index contributed by atoms with van der Waals surface area (Å²) in [6.07, 6.45) is 1.76. The van der Waals surface area contributed by atoms with Gasteiger partial charge in [-0.2, -0.15) is 0 Å². The molecule has 3 rings (SSSR count). The summed E-state index contributed by atoms with van der Waals surface area (Å²) in [7, 11) is 2.25. The van der Waals surface area contributed by atoms with Crippen LogP contribution in [0.3, 0.4) is 0 Å². The molecule has 0 aliphatic heterocycles. The van der Waals surface area contributed by atoms with E-state index in [2.05, 4.69) is 11.6 Å². The zero-order valence-corrected chi connectivity index (χ0v) is 15.9. The average molecular weight is 370 g/mol. The van der Waals surface area contributed by atoms with E-state index in [4.69, 9.17) is 4.42 Å². The van der Waals surface area contributed by atoms with E-state index in [0.717, 1.165) is 29.5 Å². The molecule has 1 unspecified atom stereocenters. The van der Waals surface area contributed by atoms with Crippen molar-refractivity contribution in [3.8, 4) is 0 Å². The molecule has 0 radical (unpaired) electrons. The van der Waals surface area contributed by atoms with Crippen molar-refractivity contribution in [3.05, 3.63) is 59.9 Å². The lowest BCUT2D eigenvalue weighted by molar-refractivity contribution is 0.0958. The van der Waals surface area contributed by atoms with Gasteiger partial charge in [0.2, 0.25) is 0 Å². The van der Waals surface area contributed by atoms with Gasteiger partial charge >= 0.3 is 0 Å². The number of anilines is 1.